The average molecular weight is 572 g/mol. The minimum absolute atomic E-state index is 0.101. The molecule has 0 saturated heterocycles. The molecule has 0 aliphatic heterocycles. The third kappa shape index (κ3) is 6.80. The highest BCUT2D eigenvalue weighted by atomic mass is 19.4. The number of pyridine rings is 1. The van der Waals surface area contributed by atoms with Crippen LogP contribution < -0.4 is 10.2 Å². The Kier molecular flexibility index (Phi) is 8.56. The molecule has 0 fully saturated rings. The molecule has 0 unspecified atom stereocenters. The second-order valence-electron chi connectivity index (χ2n) is 9.67. The zero-order valence-corrected chi connectivity index (χ0v) is 22.8. The van der Waals surface area contributed by atoms with Gasteiger partial charge in [-0.05, 0) is 34.9 Å². The first kappa shape index (κ1) is 28.5. The number of rotatable bonds is 10. The summed E-state index contributed by atoms with van der Waals surface area (Å²) in [6, 6.07) is 25.9. The Hall–Kier alpha value is -5.06. The van der Waals surface area contributed by atoms with E-state index in [4.69, 9.17) is 4.98 Å². The van der Waals surface area contributed by atoms with Crippen LogP contribution in [0.4, 0.5) is 24.7 Å². The molecule has 0 spiro atoms. The Bertz CT molecular complexity index is 1640. The smallest absolute Gasteiger partial charge is 0.352 e. The van der Waals surface area contributed by atoms with Crippen molar-refractivity contribution in [1.29, 1.82) is 0 Å². The molecule has 0 bridgehead atoms. The lowest BCUT2D eigenvalue weighted by Crippen LogP contribution is -2.25. The fourth-order valence-electron chi connectivity index (χ4n) is 4.74. The fraction of sp³-hybridized carbons (Fsp3) is 0.194. The number of carbonyl (C=O) groups excluding carboxylic acids is 1. The topological polar surface area (TPSA) is 99.7 Å². The maximum absolute atomic E-state index is 13.6. The second kappa shape index (κ2) is 12.6. The Balaban J connectivity index is 1.54. The Morgan fingerprint density at radius 2 is 1.64 bits per heavy atom. The minimum atomic E-state index is -4.56. The lowest BCUT2D eigenvalue weighted by atomic mass is 10.0. The van der Waals surface area contributed by atoms with Gasteiger partial charge in [0.1, 0.15) is 5.82 Å². The highest BCUT2D eigenvalue weighted by molar-refractivity contribution is 5.94. The summed E-state index contributed by atoms with van der Waals surface area (Å²) in [5.41, 5.74) is 2.47. The van der Waals surface area contributed by atoms with Gasteiger partial charge >= 0.3 is 6.18 Å². The Labute approximate surface area is 240 Å². The molecule has 0 atom stereocenters. The van der Waals surface area contributed by atoms with Crippen LogP contribution >= 0.6 is 0 Å². The van der Waals surface area contributed by atoms with Gasteiger partial charge in [0.05, 0.1) is 17.7 Å². The largest absolute Gasteiger partial charge is 0.416 e. The molecule has 0 aliphatic carbocycles. The number of H-pyrrole nitrogens is 1. The molecule has 0 aliphatic rings. The number of amides is 1. The Morgan fingerprint density at radius 3 is 2.36 bits per heavy atom. The maximum atomic E-state index is 13.6. The van der Waals surface area contributed by atoms with E-state index >= 15 is 0 Å². The molecule has 2 heterocycles. The van der Waals surface area contributed by atoms with E-state index in [1.54, 1.807) is 12.1 Å². The van der Waals surface area contributed by atoms with E-state index in [1.807, 2.05) is 54.6 Å². The summed E-state index contributed by atoms with van der Waals surface area (Å²) in [5, 5.41) is 17.2. The number of alkyl halides is 3. The van der Waals surface area contributed by atoms with E-state index in [-0.39, 0.29) is 5.56 Å². The monoisotopic (exact) mass is 571 g/mol. The summed E-state index contributed by atoms with van der Waals surface area (Å²) in [7, 11) is 0. The number of anilines is 2. The van der Waals surface area contributed by atoms with Crippen molar-refractivity contribution in [3.63, 3.8) is 0 Å². The predicted molar refractivity (Wildman–Crippen MR) is 154 cm³/mol. The number of aromatic nitrogens is 5. The molecular formula is C31H28F3N7O. The van der Waals surface area contributed by atoms with Gasteiger partial charge in [-0.3, -0.25) is 4.79 Å². The van der Waals surface area contributed by atoms with E-state index in [2.05, 4.69) is 37.8 Å². The van der Waals surface area contributed by atoms with Crippen LogP contribution in [0.25, 0.3) is 22.6 Å². The van der Waals surface area contributed by atoms with Crippen molar-refractivity contribution in [3.8, 4) is 22.6 Å². The summed E-state index contributed by atoms with van der Waals surface area (Å²) in [6.07, 6.45) is -4.16. The summed E-state index contributed by atoms with van der Waals surface area (Å²) in [4.78, 5) is 20.2. The SMILES string of the molecule is CCCN(Cc1ccccc1)c1cc(NC(=O)Cc2ccccc2C(F)(F)F)cc(-c2ccccc2-c2nn[nH]n2)n1. The molecule has 8 nitrogen and oxygen atoms in total. The first-order valence-electron chi connectivity index (χ1n) is 13.4. The number of benzene rings is 3. The maximum Gasteiger partial charge on any atom is 0.416 e. The second-order valence-corrected chi connectivity index (χ2v) is 9.67. The molecular weight excluding hydrogens is 543 g/mol. The molecule has 2 aromatic heterocycles. The third-order valence-electron chi connectivity index (χ3n) is 6.59. The lowest BCUT2D eigenvalue weighted by molar-refractivity contribution is -0.138. The van der Waals surface area contributed by atoms with Gasteiger partial charge in [0.15, 0.2) is 0 Å². The van der Waals surface area contributed by atoms with Crippen LogP contribution in [0.2, 0.25) is 0 Å². The average Bonchev–Trinajstić information content (AvgIpc) is 3.52. The number of hydrogen-bond acceptors (Lipinski definition) is 6. The fourth-order valence-corrected chi connectivity index (χ4v) is 4.74. The zero-order valence-electron chi connectivity index (χ0n) is 22.8. The van der Waals surface area contributed by atoms with Gasteiger partial charge in [-0.2, -0.15) is 18.4 Å². The van der Waals surface area contributed by atoms with E-state index in [9.17, 15) is 18.0 Å². The first-order valence-corrected chi connectivity index (χ1v) is 13.4. The number of tetrazole rings is 1. The lowest BCUT2D eigenvalue weighted by Gasteiger charge is -2.25. The van der Waals surface area contributed by atoms with Crippen molar-refractivity contribution >= 4 is 17.4 Å². The van der Waals surface area contributed by atoms with Gasteiger partial charge in [-0.25, -0.2) is 4.98 Å². The van der Waals surface area contributed by atoms with E-state index in [0.717, 1.165) is 18.1 Å². The van der Waals surface area contributed by atoms with Crippen LogP contribution in [-0.4, -0.2) is 38.1 Å². The quantitative estimate of drug-likeness (QED) is 0.197. The van der Waals surface area contributed by atoms with Crippen molar-refractivity contribution in [2.75, 3.05) is 16.8 Å². The van der Waals surface area contributed by atoms with Gasteiger partial charge in [0.2, 0.25) is 11.7 Å². The van der Waals surface area contributed by atoms with Gasteiger partial charge < -0.3 is 10.2 Å². The highest BCUT2D eigenvalue weighted by Gasteiger charge is 2.33. The van der Waals surface area contributed by atoms with E-state index in [1.165, 1.54) is 18.2 Å². The number of aromatic amines is 1. The molecule has 0 radical (unpaired) electrons. The summed E-state index contributed by atoms with van der Waals surface area (Å²) < 4.78 is 40.7. The molecule has 3 aromatic carbocycles. The predicted octanol–water partition coefficient (Wildman–Crippen LogP) is 6.55. The molecule has 11 heteroatoms. The molecule has 5 rings (SSSR count). The van der Waals surface area contributed by atoms with Crippen LogP contribution in [0.3, 0.4) is 0 Å². The summed E-state index contributed by atoms with van der Waals surface area (Å²) in [6.45, 7) is 3.32. The van der Waals surface area contributed by atoms with Crippen molar-refractivity contribution in [2.45, 2.75) is 32.5 Å². The van der Waals surface area contributed by atoms with Crippen LogP contribution in [0.15, 0.2) is 91.0 Å². The molecule has 2 N–H and O–H groups in total. The first-order chi connectivity index (χ1) is 20.3. The normalized spacial score (nSPS) is 11.3. The number of halogens is 3. The standard InChI is InChI=1S/C31H28F3N7O/c1-2-16-41(20-21-10-4-3-5-11-21)28-19-23(35-29(42)17-22-12-6-9-15-26(22)31(32,33)34)18-27(36-28)24-13-7-8-14-25(24)30-37-39-40-38-30/h3-15,18-19H,2,16-17,20H2,1H3,(H,35,36,42)(H,37,38,39,40). The van der Waals surface area contributed by atoms with Gasteiger partial charge in [-0.15, -0.1) is 10.2 Å². The van der Waals surface area contributed by atoms with Crippen LogP contribution in [0.1, 0.15) is 30.0 Å². The van der Waals surface area contributed by atoms with Crippen molar-refractivity contribution in [2.24, 2.45) is 0 Å². The summed E-state index contributed by atoms with van der Waals surface area (Å²) in [5.74, 6) is 0.403. The molecule has 214 valence electrons. The minimum Gasteiger partial charge on any atom is -0.352 e. The number of nitrogens with zero attached hydrogens (tertiary/aromatic N) is 5. The van der Waals surface area contributed by atoms with Gasteiger partial charge in [0.25, 0.3) is 0 Å². The van der Waals surface area contributed by atoms with E-state index in [0.29, 0.717) is 47.2 Å². The van der Waals surface area contributed by atoms with Crippen LogP contribution in [0.5, 0.6) is 0 Å². The van der Waals surface area contributed by atoms with Crippen molar-refractivity contribution in [1.82, 2.24) is 25.6 Å². The molecule has 1 amide bonds. The molecule has 5 aromatic rings. The van der Waals surface area contributed by atoms with E-state index < -0.39 is 24.1 Å². The zero-order chi connectivity index (χ0) is 29.5. The van der Waals surface area contributed by atoms with Crippen molar-refractivity contribution < 1.29 is 18.0 Å². The van der Waals surface area contributed by atoms with Crippen LogP contribution in [0, 0.1) is 0 Å². The number of carbonyl (C=O) groups is 1. The van der Waals surface area contributed by atoms with Crippen LogP contribution in [-0.2, 0) is 23.9 Å². The molecule has 42 heavy (non-hydrogen) atoms. The number of nitrogens with one attached hydrogen (secondary N) is 2. The Morgan fingerprint density at radius 1 is 0.929 bits per heavy atom. The summed E-state index contributed by atoms with van der Waals surface area (Å²) >= 11 is 0. The third-order valence-corrected chi connectivity index (χ3v) is 6.59. The van der Waals surface area contributed by atoms with Gasteiger partial charge in [-0.1, -0.05) is 79.7 Å². The number of hydrogen-bond donors (Lipinski definition) is 2. The van der Waals surface area contributed by atoms with Crippen molar-refractivity contribution in [3.05, 3.63) is 108 Å². The highest BCUT2D eigenvalue weighted by Crippen LogP contribution is 2.34. The van der Waals surface area contributed by atoms with Gasteiger partial charge in [0, 0.05) is 36.0 Å². The molecule has 0 saturated carbocycles.